The number of hydrogen-bond donors (Lipinski definition) is 1. The zero-order valence-corrected chi connectivity index (χ0v) is 20.0. The molecule has 6 nitrogen and oxygen atoms in total. The molecule has 0 saturated heterocycles. The third-order valence-electron chi connectivity index (χ3n) is 4.88. The fraction of sp³-hybridized carbons (Fsp3) is 0.217. The molecular weight excluding hydrogens is 471 g/mol. The molecule has 0 amide bonds. The Bertz CT molecular complexity index is 1130. The average Bonchev–Trinajstić information content (AvgIpc) is 2.73. The molecule has 9 heteroatoms. The molecule has 0 unspecified atom stereocenters. The highest BCUT2D eigenvalue weighted by Crippen LogP contribution is 2.30. The maximum Gasteiger partial charge on any atom is 0.213 e. The molecule has 0 heterocycles. The summed E-state index contributed by atoms with van der Waals surface area (Å²) in [4.78, 5) is 2.10. The first-order chi connectivity index (χ1) is 15.2. The summed E-state index contributed by atoms with van der Waals surface area (Å²) in [6, 6.07) is 18.1. The van der Waals surface area contributed by atoms with Gasteiger partial charge in [0.2, 0.25) is 10.0 Å². The molecule has 3 aromatic carbocycles. The predicted molar refractivity (Wildman–Crippen MR) is 129 cm³/mol. The van der Waals surface area contributed by atoms with Crippen LogP contribution in [0.1, 0.15) is 16.7 Å². The van der Waals surface area contributed by atoms with Crippen LogP contribution in [0.3, 0.4) is 0 Å². The minimum absolute atomic E-state index is 0.225. The van der Waals surface area contributed by atoms with Crippen LogP contribution in [-0.4, -0.2) is 22.6 Å². The molecule has 0 spiro atoms. The topological polar surface area (TPSA) is 81.9 Å². The van der Waals surface area contributed by atoms with E-state index in [9.17, 15) is 8.42 Å². The van der Waals surface area contributed by atoms with E-state index < -0.39 is 10.0 Å². The highest BCUT2D eigenvalue weighted by molar-refractivity contribution is 7.88. The zero-order chi connectivity index (χ0) is 23.3. The molecule has 170 valence electrons. The summed E-state index contributed by atoms with van der Waals surface area (Å²) in [6.07, 6.45) is 0. The largest absolute Gasteiger partial charge is 0.496 e. The van der Waals surface area contributed by atoms with Crippen molar-refractivity contribution in [1.29, 1.82) is 0 Å². The van der Waals surface area contributed by atoms with Crippen molar-refractivity contribution in [3.05, 3.63) is 87.4 Å². The normalized spacial score (nSPS) is 11.3. The highest BCUT2D eigenvalue weighted by Gasteiger charge is 2.16. The highest BCUT2D eigenvalue weighted by atomic mass is 35.5. The Labute approximate surface area is 198 Å². The van der Waals surface area contributed by atoms with E-state index in [1.54, 1.807) is 38.5 Å². The maximum absolute atomic E-state index is 11.4. The monoisotopic (exact) mass is 494 g/mol. The van der Waals surface area contributed by atoms with Gasteiger partial charge >= 0.3 is 0 Å². The first-order valence-corrected chi connectivity index (χ1v) is 12.1. The summed E-state index contributed by atoms with van der Waals surface area (Å²) >= 11 is 12.5. The summed E-state index contributed by atoms with van der Waals surface area (Å²) in [5.41, 5.74) is 3.27. The Morgan fingerprint density at radius 1 is 0.812 bits per heavy atom. The van der Waals surface area contributed by atoms with E-state index >= 15 is 0 Å². The van der Waals surface area contributed by atoms with Crippen LogP contribution in [0.2, 0.25) is 10.0 Å². The molecule has 0 atom stereocenters. The van der Waals surface area contributed by atoms with Gasteiger partial charge in [0.1, 0.15) is 11.5 Å². The van der Waals surface area contributed by atoms with Crippen molar-refractivity contribution < 1.29 is 17.9 Å². The molecule has 0 aliphatic heterocycles. The SMILES string of the molecule is COc1ccc(Cl)cc1CN(Cc1cc(Cl)ccc1OC)c1ccc(CS(N)(=O)=O)cc1. The number of hydrogen-bond acceptors (Lipinski definition) is 5. The minimum atomic E-state index is -3.61. The lowest BCUT2D eigenvalue weighted by Gasteiger charge is -2.27. The van der Waals surface area contributed by atoms with Crippen LogP contribution in [-0.2, 0) is 28.9 Å². The number of rotatable bonds is 9. The van der Waals surface area contributed by atoms with Crippen molar-refractivity contribution in [2.45, 2.75) is 18.8 Å². The summed E-state index contributed by atoms with van der Waals surface area (Å²) < 4.78 is 33.9. The van der Waals surface area contributed by atoms with Gasteiger partial charge in [-0.3, -0.25) is 0 Å². The summed E-state index contributed by atoms with van der Waals surface area (Å²) in [5, 5.41) is 6.37. The predicted octanol–water partition coefficient (Wildman–Crippen LogP) is 5.01. The van der Waals surface area contributed by atoms with Gasteiger partial charge in [-0.15, -0.1) is 0 Å². The van der Waals surface area contributed by atoms with E-state index in [1.807, 2.05) is 36.4 Å². The lowest BCUT2D eigenvalue weighted by Crippen LogP contribution is -2.23. The third kappa shape index (κ3) is 6.53. The Morgan fingerprint density at radius 2 is 1.28 bits per heavy atom. The Balaban J connectivity index is 2.00. The molecule has 0 fully saturated rings. The molecule has 0 saturated carbocycles. The number of nitrogens with two attached hydrogens (primary N) is 1. The molecule has 0 aliphatic rings. The van der Waals surface area contributed by atoms with Crippen LogP contribution < -0.4 is 19.5 Å². The van der Waals surface area contributed by atoms with Gasteiger partial charge in [-0.2, -0.15) is 0 Å². The number of anilines is 1. The van der Waals surface area contributed by atoms with E-state index in [1.165, 1.54) is 0 Å². The third-order valence-corrected chi connectivity index (χ3v) is 6.08. The molecule has 0 bridgehead atoms. The number of ether oxygens (including phenoxy) is 2. The number of benzene rings is 3. The molecule has 0 aliphatic carbocycles. The van der Waals surface area contributed by atoms with Crippen LogP contribution in [0.25, 0.3) is 0 Å². The van der Waals surface area contributed by atoms with Crippen LogP contribution in [0.5, 0.6) is 11.5 Å². The van der Waals surface area contributed by atoms with Gasteiger partial charge in [-0.05, 0) is 54.1 Å². The fourth-order valence-electron chi connectivity index (χ4n) is 3.43. The van der Waals surface area contributed by atoms with Gasteiger partial charge in [-0.25, -0.2) is 13.6 Å². The van der Waals surface area contributed by atoms with Crippen molar-refractivity contribution in [2.75, 3.05) is 19.1 Å². The lowest BCUT2D eigenvalue weighted by molar-refractivity contribution is 0.406. The van der Waals surface area contributed by atoms with Gasteiger partial charge in [0.05, 0.1) is 20.0 Å². The van der Waals surface area contributed by atoms with Gasteiger partial charge in [0.25, 0.3) is 0 Å². The van der Waals surface area contributed by atoms with Crippen molar-refractivity contribution in [2.24, 2.45) is 5.14 Å². The van der Waals surface area contributed by atoms with Crippen LogP contribution in [0.4, 0.5) is 5.69 Å². The summed E-state index contributed by atoms with van der Waals surface area (Å²) in [6.45, 7) is 0.960. The number of methoxy groups -OCH3 is 2. The Morgan fingerprint density at radius 3 is 1.69 bits per heavy atom. The first kappa shape index (κ1) is 24.2. The number of primary sulfonamides is 1. The number of sulfonamides is 1. The number of halogens is 2. The van der Waals surface area contributed by atoms with E-state index in [0.29, 0.717) is 40.2 Å². The summed E-state index contributed by atoms with van der Waals surface area (Å²) in [5.74, 6) is 1.20. The van der Waals surface area contributed by atoms with E-state index in [4.69, 9.17) is 37.8 Å². The van der Waals surface area contributed by atoms with E-state index in [-0.39, 0.29) is 5.75 Å². The van der Waals surface area contributed by atoms with Gasteiger partial charge in [-0.1, -0.05) is 35.3 Å². The average molecular weight is 495 g/mol. The zero-order valence-electron chi connectivity index (χ0n) is 17.7. The quantitative estimate of drug-likeness (QED) is 0.452. The molecule has 2 N–H and O–H groups in total. The fourth-order valence-corrected chi connectivity index (χ4v) is 4.47. The van der Waals surface area contributed by atoms with Gasteiger partial charge in [0, 0.05) is 39.9 Å². The molecule has 0 aromatic heterocycles. The smallest absolute Gasteiger partial charge is 0.213 e. The number of nitrogens with zero attached hydrogens (tertiary/aromatic N) is 1. The Kier molecular flexibility index (Phi) is 7.90. The van der Waals surface area contributed by atoms with Gasteiger partial charge < -0.3 is 14.4 Å². The van der Waals surface area contributed by atoms with Crippen LogP contribution in [0.15, 0.2) is 60.7 Å². The lowest BCUT2D eigenvalue weighted by atomic mass is 10.1. The van der Waals surface area contributed by atoms with Gasteiger partial charge in [0.15, 0.2) is 0 Å². The molecule has 3 aromatic rings. The van der Waals surface area contributed by atoms with Crippen molar-refractivity contribution in [3.63, 3.8) is 0 Å². The van der Waals surface area contributed by atoms with Crippen molar-refractivity contribution in [1.82, 2.24) is 0 Å². The molecule has 3 rings (SSSR count). The summed E-state index contributed by atoms with van der Waals surface area (Å²) in [7, 11) is -0.390. The van der Waals surface area contributed by atoms with Crippen molar-refractivity contribution >= 4 is 38.9 Å². The maximum atomic E-state index is 11.4. The molecular formula is C23H24Cl2N2O4S. The first-order valence-electron chi connectivity index (χ1n) is 9.67. The van der Waals surface area contributed by atoms with Crippen molar-refractivity contribution in [3.8, 4) is 11.5 Å². The second kappa shape index (κ2) is 10.4. The molecule has 32 heavy (non-hydrogen) atoms. The van der Waals surface area contributed by atoms with E-state index in [0.717, 1.165) is 16.8 Å². The standard InChI is InChI=1S/C23H24Cl2N2O4S/c1-30-22-9-5-19(24)11-17(22)13-27(14-18-12-20(25)6-10-23(18)31-2)21-7-3-16(4-8-21)15-32(26,28)29/h3-12H,13-15H2,1-2H3,(H2,26,28,29). The van der Waals surface area contributed by atoms with E-state index in [2.05, 4.69) is 4.90 Å². The minimum Gasteiger partial charge on any atom is -0.496 e. The second-order valence-electron chi connectivity index (χ2n) is 7.24. The van der Waals surface area contributed by atoms with Crippen LogP contribution in [0, 0.1) is 0 Å². The molecule has 0 radical (unpaired) electrons. The second-order valence-corrected chi connectivity index (χ2v) is 9.73. The van der Waals surface area contributed by atoms with Crippen LogP contribution >= 0.6 is 23.2 Å². The Hall–Kier alpha value is -2.45.